The van der Waals surface area contributed by atoms with Gasteiger partial charge in [-0.05, 0) is 60.2 Å². The van der Waals surface area contributed by atoms with E-state index in [9.17, 15) is 13.2 Å². The fraction of sp³-hybridized carbons (Fsp3) is 0.348. The van der Waals surface area contributed by atoms with Gasteiger partial charge in [0.05, 0.1) is 4.90 Å². The van der Waals surface area contributed by atoms with E-state index in [1.54, 1.807) is 0 Å². The standard InChI is InChI=1S/C23H27N5O4S/c1-15-11-16(2)14-28(13-15)33(30,31)20-9-7-18(8-10-20)21(29)25-23-27-26-22(32-23)19-5-3-17(12-24)4-6-19/h3-10,15-16H,11-14,24H2,1-2H3,(H,25,27,29)/t15-,16+. The normalized spacial score (nSPS) is 19.4. The van der Waals surface area contributed by atoms with Gasteiger partial charge in [-0.2, -0.15) is 4.31 Å². The molecule has 3 aromatic rings. The Morgan fingerprint density at radius 3 is 2.30 bits per heavy atom. The number of carbonyl (C=O) groups excluding carboxylic acids is 1. The Balaban J connectivity index is 1.44. The molecule has 1 fully saturated rings. The molecule has 0 unspecified atom stereocenters. The van der Waals surface area contributed by atoms with Gasteiger partial charge < -0.3 is 10.2 Å². The highest BCUT2D eigenvalue weighted by Gasteiger charge is 2.31. The lowest BCUT2D eigenvalue weighted by Gasteiger charge is -2.34. The third kappa shape index (κ3) is 5.13. The van der Waals surface area contributed by atoms with Crippen molar-refractivity contribution in [3.8, 4) is 11.5 Å². The van der Waals surface area contributed by atoms with Crippen LogP contribution in [0.25, 0.3) is 11.5 Å². The van der Waals surface area contributed by atoms with Crippen LogP contribution in [0.2, 0.25) is 0 Å². The first-order valence-electron chi connectivity index (χ1n) is 10.8. The summed E-state index contributed by atoms with van der Waals surface area (Å²) in [5.41, 5.74) is 7.56. The Kier molecular flexibility index (Phi) is 6.59. The Morgan fingerprint density at radius 1 is 1.06 bits per heavy atom. The molecular weight excluding hydrogens is 442 g/mol. The van der Waals surface area contributed by atoms with Crippen molar-refractivity contribution in [3.63, 3.8) is 0 Å². The monoisotopic (exact) mass is 469 g/mol. The molecule has 2 aromatic carbocycles. The van der Waals surface area contributed by atoms with Crippen LogP contribution in [-0.2, 0) is 16.6 Å². The largest absolute Gasteiger partial charge is 0.403 e. The molecule has 0 bridgehead atoms. The Hall–Kier alpha value is -3.08. The number of hydrogen-bond acceptors (Lipinski definition) is 7. The molecule has 2 atom stereocenters. The number of anilines is 1. The van der Waals surface area contributed by atoms with Crippen molar-refractivity contribution in [2.24, 2.45) is 17.6 Å². The van der Waals surface area contributed by atoms with Gasteiger partial charge in [-0.3, -0.25) is 10.1 Å². The van der Waals surface area contributed by atoms with Crippen molar-refractivity contribution in [2.45, 2.75) is 31.7 Å². The zero-order chi connectivity index (χ0) is 23.6. The molecule has 174 valence electrons. The molecule has 0 radical (unpaired) electrons. The van der Waals surface area contributed by atoms with Crippen LogP contribution < -0.4 is 11.1 Å². The second-order valence-corrected chi connectivity index (χ2v) is 10.5. The number of rotatable bonds is 6. The first kappa shape index (κ1) is 23.1. The van der Waals surface area contributed by atoms with Gasteiger partial charge in [-0.1, -0.05) is 31.1 Å². The Morgan fingerprint density at radius 2 is 1.70 bits per heavy atom. The van der Waals surface area contributed by atoms with Gasteiger partial charge in [0.1, 0.15) is 0 Å². The second kappa shape index (κ2) is 9.42. The number of piperidine rings is 1. The maximum atomic E-state index is 13.0. The van der Waals surface area contributed by atoms with E-state index >= 15 is 0 Å². The summed E-state index contributed by atoms with van der Waals surface area (Å²) in [6, 6.07) is 13.1. The van der Waals surface area contributed by atoms with Crippen molar-refractivity contribution in [1.82, 2.24) is 14.5 Å². The molecule has 1 amide bonds. The minimum Gasteiger partial charge on any atom is -0.403 e. The van der Waals surface area contributed by atoms with Gasteiger partial charge >= 0.3 is 6.01 Å². The van der Waals surface area contributed by atoms with Crippen LogP contribution in [-0.4, -0.2) is 41.9 Å². The number of nitrogens with two attached hydrogens (primary N) is 1. The fourth-order valence-electron chi connectivity index (χ4n) is 4.07. The van der Waals surface area contributed by atoms with Crippen molar-refractivity contribution in [1.29, 1.82) is 0 Å². The van der Waals surface area contributed by atoms with Crippen LogP contribution in [0.15, 0.2) is 57.8 Å². The lowest BCUT2D eigenvalue weighted by molar-refractivity contribution is 0.102. The van der Waals surface area contributed by atoms with E-state index in [0.717, 1.165) is 12.0 Å². The van der Waals surface area contributed by atoms with Gasteiger partial charge in [-0.15, -0.1) is 5.10 Å². The lowest BCUT2D eigenvalue weighted by atomic mass is 9.94. The molecular formula is C23H27N5O4S. The van der Waals surface area contributed by atoms with E-state index < -0.39 is 15.9 Å². The molecule has 33 heavy (non-hydrogen) atoms. The van der Waals surface area contributed by atoms with Gasteiger partial charge in [-0.25, -0.2) is 8.42 Å². The van der Waals surface area contributed by atoms with Gasteiger partial charge in [0, 0.05) is 30.8 Å². The lowest BCUT2D eigenvalue weighted by Crippen LogP contribution is -2.42. The summed E-state index contributed by atoms with van der Waals surface area (Å²) < 4.78 is 33.1. The molecule has 0 aliphatic carbocycles. The number of aromatic nitrogens is 2. The zero-order valence-corrected chi connectivity index (χ0v) is 19.4. The predicted octanol–water partition coefficient (Wildman–Crippen LogP) is 3.11. The van der Waals surface area contributed by atoms with Crippen LogP contribution in [0.5, 0.6) is 0 Å². The molecule has 1 aliphatic heterocycles. The number of amides is 1. The average molecular weight is 470 g/mol. The van der Waals surface area contributed by atoms with Gasteiger partial charge in [0.2, 0.25) is 15.9 Å². The molecule has 0 saturated carbocycles. The topological polar surface area (TPSA) is 131 Å². The number of nitrogens with one attached hydrogen (secondary N) is 1. The van der Waals surface area contributed by atoms with Crippen molar-refractivity contribution >= 4 is 21.9 Å². The summed E-state index contributed by atoms with van der Waals surface area (Å²) >= 11 is 0. The number of carbonyl (C=O) groups is 1. The molecule has 1 saturated heterocycles. The zero-order valence-electron chi connectivity index (χ0n) is 18.6. The predicted molar refractivity (Wildman–Crippen MR) is 124 cm³/mol. The summed E-state index contributed by atoms with van der Waals surface area (Å²) in [5, 5.41) is 10.4. The quantitative estimate of drug-likeness (QED) is 0.567. The van der Waals surface area contributed by atoms with Crippen molar-refractivity contribution in [2.75, 3.05) is 18.4 Å². The van der Waals surface area contributed by atoms with Crippen molar-refractivity contribution < 1.29 is 17.6 Å². The maximum Gasteiger partial charge on any atom is 0.322 e. The summed E-state index contributed by atoms with van der Waals surface area (Å²) in [6.45, 7) is 5.56. The SMILES string of the molecule is C[C@@H]1C[C@H](C)CN(S(=O)(=O)c2ccc(C(=O)Nc3nnc(-c4ccc(CN)cc4)o3)cc2)C1. The van der Waals surface area contributed by atoms with E-state index in [0.29, 0.717) is 37.0 Å². The first-order valence-corrected chi connectivity index (χ1v) is 12.2. The van der Waals surface area contributed by atoms with E-state index in [1.807, 2.05) is 24.3 Å². The third-order valence-corrected chi connectivity index (χ3v) is 7.52. The summed E-state index contributed by atoms with van der Waals surface area (Å²) in [7, 11) is -3.61. The molecule has 4 rings (SSSR count). The Labute approximate surface area is 193 Å². The fourth-order valence-corrected chi connectivity index (χ4v) is 5.75. The minimum atomic E-state index is -3.61. The van der Waals surface area contributed by atoms with Gasteiger partial charge in [0.15, 0.2) is 0 Å². The molecule has 1 aliphatic rings. The second-order valence-electron chi connectivity index (χ2n) is 8.56. The number of nitrogens with zero attached hydrogens (tertiary/aromatic N) is 3. The van der Waals surface area contributed by atoms with Crippen LogP contribution in [0.4, 0.5) is 6.01 Å². The van der Waals surface area contributed by atoms with E-state index in [4.69, 9.17) is 10.2 Å². The number of benzene rings is 2. The highest BCUT2D eigenvalue weighted by Crippen LogP contribution is 2.27. The smallest absolute Gasteiger partial charge is 0.322 e. The van der Waals surface area contributed by atoms with E-state index in [1.165, 1.54) is 28.6 Å². The molecule has 3 N–H and O–H groups in total. The van der Waals surface area contributed by atoms with Crippen LogP contribution in [0.3, 0.4) is 0 Å². The summed E-state index contributed by atoms with van der Waals surface area (Å²) in [5.74, 6) is 0.408. The molecule has 9 nitrogen and oxygen atoms in total. The van der Waals surface area contributed by atoms with Gasteiger partial charge in [0.25, 0.3) is 5.91 Å². The molecule has 1 aromatic heterocycles. The van der Waals surface area contributed by atoms with E-state index in [2.05, 4.69) is 29.4 Å². The Bertz CT molecular complexity index is 1210. The third-order valence-electron chi connectivity index (χ3n) is 5.67. The van der Waals surface area contributed by atoms with Crippen LogP contribution in [0, 0.1) is 11.8 Å². The maximum absolute atomic E-state index is 13.0. The summed E-state index contributed by atoms with van der Waals surface area (Å²) in [4.78, 5) is 12.7. The highest BCUT2D eigenvalue weighted by molar-refractivity contribution is 7.89. The number of sulfonamides is 1. The molecule has 2 heterocycles. The number of hydrogen-bond donors (Lipinski definition) is 2. The first-order chi connectivity index (χ1) is 15.8. The average Bonchev–Trinajstić information content (AvgIpc) is 3.27. The van der Waals surface area contributed by atoms with E-state index in [-0.39, 0.29) is 22.4 Å². The van der Waals surface area contributed by atoms with Crippen molar-refractivity contribution in [3.05, 3.63) is 59.7 Å². The molecule has 10 heteroatoms. The molecule has 0 spiro atoms. The van der Waals surface area contributed by atoms with Crippen LogP contribution in [0.1, 0.15) is 36.2 Å². The summed E-state index contributed by atoms with van der Waals surface area (Å²) in [6.07, 6.45) is 1.02. The minimum absolute atomic E-state index is 0.0501. The van der Waals surface area contributed by atoms with Crippen LogP contribution >= 0.6 is 0 Å². The highest BCUT2D eigenvalue weighted by atomic mass is 32.2.